The van der Waals surface area contributed by atoms with E-state index in [0.29, 0.717) is 18.3 Å². The average molecular weight is 338 g/mol. The molecule has 0 radical (unpaired) electrons. The smallest absolute Gasteiger partial charge is 0.231 e. The summed E-state index contributed by atoms with van der Waals surface area (Å²) in [5, 5.41) is 0. The van der Waals surface area contributed by atoms with Crippen LogP contribution in [0.3, 0.4) is 0 Å². The number of benzene rings is 2. The Bertz CT molecular complexity index is 662. The molecule has 2 aromatic carbocycles. The molecule has 1 amide bonds. The van der Waals surface area contributed by atoms with Gasteiger partial charge in [-0.05, 0) is 41.5 Å². The van der Waals surface area contributed by atoms with Gasteiger partial charge in [0.1, 0.15) is 0 Å². The highest BCUT2D eigenvalue weighted by molar-refractivity contribution is 6.02. The van der Waals surface area contributed by atoms with Gasteiger partial charge in [0.2, 0.25) is 5.91 Å². The van der Waals surface area contributed by atoms with Crippen LogP contribution in [0.4, 0.5) is 11.4 Å². The van der Waals surface area contributed by atoms with Gasteiger partial charge < -0.3 is 0 Å². The Balaban J connectivity index is 2.67. The molecule has 0 saturated carbocycles. The second-order valence-electron chi connectivity index (χ2n) is 7.26. The Morgan fingerprint density at radius 3 is 1.92 bits per heavy atom. The van der Waals surface area contributed by atoms with Crippen LogP contribution in [-0.4, -0.2) is 5.91 Å². The maximum absolute atomic E-state index is 13.2. The van der Waals surface area contributed by atoms with Gasteiger partial charge in [-0.25, -0.2) is 0 Å². The van der Waals surface area contributed by atoms with E-state index in [1.165, 1.54) is 11.1 Å². The summed E-state index contributed by atoms with van der Waals surface area (Å²) in [6, 6.07) is 16.5. The highest BCUT2D eigenvalue weighted by atomic mass is 16.2. The molecule has 134 valence electrons. The van der Waals surface area contributed by atoms with Gasteiger partial charge in [0.05, 0.1) is 5.69 Å². The summed E-state index contributed by atoms with van der Waals surface area (Å²) in [4.78, 5) is 15.1. The molecule has 0 aromatic heterocycles. The first-order valence-electron chi connectivity index (χ1n) is 9.48. The molecule has 25 heavy (non-hydrogen) atoms. The number of carbonyl (C=O) groups is 1. The van der Waals surface area contributed by atoms with Gasteiger partial charge in [0.15, 0.2) is 0 Å². The van der Waals surface area contributed by atoms with Crippen LogP contribution in [0, 0.1) is 0 Å². The van der Waals surface area contributed by atoms with Crippen LogP contribution < -0.4 is 4.90 Å². The summed E-state index contributed by atoms with van der Waals surface area (Å²) in [6.45, 7) is 10.9. The van der Waals surface area contributed by atoms with E-state index in [1.807, 2.05) is 35.2 Å². The molecular weight excluding hydrogens is 306 g/mol. The molecule has 2 aromatic rings. The van der Waals surface area contributed by atoms with Crippen molar-refractivity contribution in [2.75, 3.05) is 4.90 Å². The van der Waals surface area contributed by atoms with E-state index in [-0.39, 0.29) is 5.91 Å². The third-order valence-electron chi connectivity index (χ3n) is 4.57. The number of carbonyl (C=O) groups excluding carboxylic acids is 1. The summed E-state index contributed by atoms with van der Waals surface area (Å²) in [7, 11) is 0. The van der Waals surface area contributed by atoms with Crippen molar-refractivity contribution in [2.45, 2.75) is 65.7 Å². The highest BCUT2D eigenvalue weighted by Gasteiger charge is 2.25. The molecule has 0 aliphatic rings. The van der Waals surface area contributed by atoms with Gasteiger partial charge in [-0.3, -0.25) is 9.69 Å². The van der Waals surface area contributed by atoms with E-state index in [9.17, 15) is 4.79 Å². The lowest BCUT2D eigenvalue weighted by atomic mass is 9.91. The lowest BCUT2D eigenvalue weighted by molar-refractivity contribution is -0.118. The third kappa shape index (κ3) is 4.50. The molecule has 0 spiro atoms. The number of para-hydroxylation sites is 2. The monoisotopic (exact) mass is 337 g/mol. The molecule has 2 nitrogen and oxygen atoms in total. The van der Waals surface area contributed by atoms with Gasteiger partial charge >= 0.3 is 0 Å². The molecule has 0 N–H and O–H groups in total. The van der Waals surface area contributed by atoms with E-state index < -0.39 is 0 Å². The lowest BCUT2D eigenvalue weighted by Gasteiger charge is -2.30. The van der Waals surface area contributed by atoms with Gasteiger partial charge in [0, 0.05) is 12.1 Å². The van der Waals surface area contributed by atoms with Crippen molar-refractivity contribution < 1.29 is 4.79 Å². The van der Waals surface area contributed by atoms with Crippen LogP contribution in [0.25, 0.3) is 0 Å². The van der Waals surface area contributed by atoms with E-state index in [1.54, 1.807) is 0 Å². The number of rotatable bonds is 7. The fraction of sp³-hybridized carbons (Fsp3) is 0.435. The topological polar surface area (TPSA) is 20.3 Å². The molecule has 0 saturated heterocycles. The van der Waals surface area contributed by atoms with Gasteiger partial charge in [-0.15, -0.1) is 0 Å². The first-order chi connectivity index (χ1) is 12.0. The third-order valence-corrected chi connectivity index (χ3v) is 4.57. The molecule has 2 heteroatoms. The van der Waals surface area contributed by atoms with Crippen LogP contribution in [0.5, 0.6) is 0 Å². The van der Waals surface area contributed by atoms with E-state index >= 15 is 0 Å². The summed E-state index contributed by atoms with van der Waals surface area (Å²) in [5.41, 5.74) is 4.51. The van der Waals surface area contributed by atoms with Gasteiger partial charge in [-0.2, -0.15) is 0 Å². The molecule has 0 aliphatic heterocycles. The maximum atomic E-state index is 13.2. The zero-order valence-corrected chi connectivity index (χ0v) is 16.3. The molecule has 0 bridgehead atoms. The minimum atomic E-state index is 0.183. The molecule has 0 unspecified atom stereocenters. The minimum absolute atomic E-state index is 0.183. The Labute approximate surface area is 152 Å². The van der Waals surface area contributed by atoms with Gasteiger partial charge in [0.25, 0.3) is 0 Å². The van der Waals surface area contributed by atoms with Crippen molar-refractivity contribution in [2.24, 2.45) is 0 Å². The predicted molar refractivity (Wildman–Crippen MR) is 108 cm³/mol. The van der Waals surface area contributed by atoms with Crippen LogP contribution in [0.1, 0.15) is 76.8 Å². The zero-order chi connectivity index (χ0) is 18.4. The van der Waals surface area contributed by atoms with Crippen LogP contribution in [0.15, 0.2) is 48.5 Å². The average Bonchev–Trinajstić information content (AvgIpc) is 2.60. The standard InChI is InChI=1S/C23H31NO/c1-6-7-16-22(25)24(19-12-9-8-10-13-19)23-20(17(2)3)14-11-15-21(23)18(4)5/h8-15,17-18H,6-7,16H2,1-5H3. The Hall–Kier alpha value is -2.09. The number of anilines is 2. The van der Waals surface area contributed by atoms with E-state index in [2.05, 4.69) is 52.8 Å². The summed E-state index contributed by atoms with van der Waals surface area (Å²) in [5.74, 6) is 0.904. The van der Waals surface area contributed by atoms with E-state index in [4.69, 9.17) is 0 Å². The number of unbranched alkanes of at least 4 members (excludes halogenated alkanes) is 1. The van der Waals surface area contributed by atoms with Crippen molar-refractivity contribution in [3.63, 3.8) is 0 Å². The lowest BCUT2D eigenvalue weighted by Crippen LogP contribution is -2.28. The molecule has 0 fully saturated rings. The normalized spacial score (nSPS) is 11.2. The predicted octanol–water partition coefficient (Wildman–Crippen LogP) is 6.79. The zero-order valence-electron chi connectivity index (χ0n) is 16.3. The summed E-state index contributed by atoms with van der Waals surface area (Å²) >= 11 is 0. The number of amides is 1. The first-order valence-corrected chi connectivity index (χ1v) is 9.48. The molecule has 0 atom stereocenters. The second-order valence-corrected chi connectivity index (χ2v) is 7.26. The van der Waals surface area contributed by atoms with Crippen LogP contribution in [-0.2, 0) is 4.79 Å². The van der Waals surface area contributed by atoms with Crippen molar-refractivity contribution in [3.05, 3.63) is 59.7 Å². The van der Waals surface area contributed by atoms with Crippen molar-refractivity contribution in [1.29, 1.82) is 0 Å². The SMILES string of the molecule is CCCCC(=O)N(c1ccccc1)c1c(C(C)C)cccc1C(C)C. The highest BCUT2D eigenvalue weighted by Crippen LogP contribution is 2.39. The molecule has 0 heterocycles. The minimum Gasteiger partial charge on any atom is -0.281 e. The molecule has 2 rings (SSSR count). The van der Waals surface area contributed by atoms with Crippen molar-refractivity contribution in [3.8, 4) is 0 Å². The second kappa shape index (κ2) is 8.84. The molecular formula is C23H31NO. The Morgan fingerprint density at radius 1 is 0.880 bits per heavy atom. The fourth-order valence-corrected chi connectivity index (χ4v) is 3.18. The molecule has 0 aliphatic carbocycles. The van der Waals surface area contributed by atoms with Crippen molar-refractivity contribution >= 4 is 17.3 Å². The maximum Gasteiger partial charge on any atom is 0.231 e. The van der Waals surface area contributed by atoms with Crippen LogP contribution >= 0.6 is 0 Å². The summed E-state index contributed by atoms with van der Waals surface area (Å²) in [6.07, 6.45) is 2.52. The first kappa shape index (κ1) is 19.2. The number of nitrogens with zero attached hydrogens (tertiary/aromatic N) is 1. The van der Waals surface area contributed by atoms with Crippen LogP contribution in [0.2, 0.25) is 0 Å². The fourth-order valence-electron chi connectivity index (χ4n) is 3.18. The quantitative estimate of drug-likeness (QED) is 0.545. The largest absolute Gasteiger partial charge is 0.281 e. The van der Waals surface area contributed by atoms with Crippen molar-refractivity contribution in [1.82, 2.24) is 0 Å². The number of hydrogen-bond donors (Lipinski definition) is 0. The Morgan fingerprint density at radius 2 is 1.44 bits per heavy atom. The van der Waals surface area contributed by atoms with Gasteiger partial charge in [-0.1, -0.05) is 77.4 Å². The summed E-state index contributed by atoms with van der Waals surface area (Å²) < 4.78 is 0. The Kier molecular flexibility index (Phi) is 6.81. The number of hydrogen-bond acceptors (Lipinski definition) is 1. The van der Waals surface area contributed by atoms with E-state index in [0.717, 1.165) is 24.2 Å².